The van der Waals surface area contributed by atoms with Gasteiger partial charge in [-0.05, 0) is 61.4 Å². The summed E-state index contributed by atoms with van der Waals surface area (Å²) in [5.74, 6) is -0.951. The third kappa shape index (κ3) is 4.37. The Bertz CT molecular complexity index is 1130. The van der Waals surface area contributed by atoms with Crippen LogP contribution in [0.2, 0.25) is 0 Å². The first-order valence-corrected chi connectivity index (χ1v) is 10.0. The second kappa shape index (κ2) is 7.82. The molecule has 3 rings (SSSR count). The van der Waals surface area contributed by atoms with E-state index in [9.17, 15) is 17.6 Å². The molecule has 5 nitrogen and oxygen atoms in total. The number of halogens is 1. The van der Waals surface area contributed by atoms with Crippen molar-refractivity contribution in [2.24, 2.45) is 0 Å². The average Bonchev–Trinajstić information content (AvgIpc) is 2.67. The lowest BCUT2D eigenvalue weighted by atomic mass is 10.1. The molecule has 2 N–H and O–H groups in total. The SMILES string of the molecule is Cc1ccc(C(=O)Nc2ccc(C)c(NS(=O)(=O)c3ccccc3)c2)cc1F. The van der Waals surface area contributed by atoms with Gasteiger partial charge >= 0.3 is 0 Å². The van der Waals surface area contributed by atoms with E-state index in [1.807, 2.05) is 0 Å². The smallest absolute Gasteiger partial charge is 0.261 e. The number of amides is 1. The Morgan fingerprint density at radius 1 is 0.893 bits per heavy atom. The molecule has 0 aliphatic rings. The Morgan fingerprint density at radius 3 is 2.25 bits per heavy atom. The summed E-state index contributed by atoms with van der Waals surface area (Å²) in [6, 6.07) is 17.1. The highest BCUT2D eigenvalue weighted by Gasteiger charge is 2.16. The van der Waals surface area contributed by atoms with Crippen LogP contribution in [-0.2, 0) is 10.0 Å². The molecule has 3 aromatic carbocycles. The molecular formula is C21H19FN2O3S. The van der Waals surface area contributed by atoms with Crippen LogP contribution in [0.1, 0.15) is 21.5 Å². The molecule has 28 heavy (non-hydrogen) atoms. The first-order chi connectivity index (χ1) is 13.3. The number of benzene rings is 3. The summed E-state index contributed by atoms with van der Waals surface area (Å²) in [4.78, 5) is 12.5. The van der Waals surface area contributed by atoms with Crippen LogP contribution in [-0.4, -0.2) is 14.3 Å². The summed E-state index contributed by atoms with van der Waals surface area (Å²) in [5.41, 5.74) is 2.05. The fourth-order valence-electron chi connectivity index (χ4n) is 2.55. The molecule has 0 aliphatic carbocycles. The molecule has 3 aromatic rings. The highest BCUT2D eigenvalue weighted by molar-refractivity contribution is 7.92. The molecule has 0 atom stereocenters. The minimum absolute atomic E-state index is 0.138. The molecule has 0 fully saturated rings. The predicted molar refractivity (Wildman–Crippen MR) is 108 cm³/mol. The van der Waals surface area contributed by atoms with E-state index < -0.39 is 21.7 Å². The second-order valence-electron chi connectivity index (χ2n) is 6.37. The number of rotatable bonds is 5. The standard InChI is InChI=1S/C21H19FN2O3S/c1-14-8-10-16(12-19(14)22)21(25)23-17-11-9-15(2)20(13-17)24-28(26,27)18-6-4-3-5-7-18/h3-13,24H,1-2H3,(H,23,25). The maximum Gasteiger partial charge on any atom is 0.261 e. The van der Waals surface area contributed by atoms with Crippen LogP contribution in [0.3, 0.4) is 0 Å². The summed E-state index contributed by atoms with van der Waals surface area (Å²) in [5, 5.41) is 2.66. The van der Waals surface area contributed by atoms with E-state index in [-0.39, 0.29) is 10.5 Å². The van der Waals surface area contributed by atoms with Crippen LogP contribution in [0.25, 0.3) is 0 Å². The largest absolute Gasteiger partial charge is 0.322 e. The lowest BCUT2D eigenvalue weighted by Gasteiger charge is -2.13. The Labute approximate surface area is 163 Å². The third-order valence-corrected chi connectivity index (χ3v) is 5.61. The molecule has 0 unspecified atom stereocenters. The van der Waals surface area contributed by atoms with Crippen molar-refractivity contribution in [2.75, 3.05) is 10.0 Å². The predicted octanol–water partition coefficient (Wildman–Crippen LogP) is 4.50. The molecule has 0 bridgehead atoms. The topological polar surface area (TPSA) is 75.3 Å². The zero-order chi connectivity index (χ0) is 20.3. The zero-order valence-corrected chi connectivity index (χ0v) is 16.2. The summed E-state index contributed by atoms with van der Waals surface area (Å²) in [7, 11) is -3.76. The number of nitrogens with one attached hydrogen (secondary N) is 2. The number of carbonyl (C=O) groups excluding carboxylic acids is 1. The van der Waals surface area contributed by atoms with Gasteiger partial charge in [-0.25, -0.2) is 12.8 Å². The van der Waals surface area contributed by atoms with Crippen LogP contribution in [0.4, 0.5) is 15.8 Å². The lowest BCUT2D eigenvalue weighted by Crippen LogP contribution is -2.15. The summed E-state index contributed by atoms with van der Waals surface area (Å²) in [6.07, 6.45) is 0. The molecule has 0 saturated carbocycles. The fourth-order valence-corrected chi connectivity index (χ4v) is 3.69. The normalized spacial score (nSPS) is 11.1. The summed E-state index contributed by atoms with van der Waals surface area (Å²) in [6.45, 7) is 3.37. The number of sulfonamides is 1. The van der Waals surface area contributed by atoms with Crippen molar-refractivity contribution in [3.05, 3.63) is 89.2 Å². The third-order valence-electron chi connectivity index (χ3n) is 4.23. The summed E-state index contributed by atoms with van der Waals surface area (Å²) < 4.78 is 41.3. The number of carbonyl (C=O) groups is 1. The highest BCUT2D eigenvalue weighted by atomic mass is 32.2. The van der Waals surface area contributed by atoms with Crippen LogP contribution in [0, 0.1) is 19.7 Å². The van der Waals surface area contributed by atoms with Gasteiger partial charge in [0, 0.05) is 11.3 Å². The molecular weight excluding hydrogens is 379 g/mol. The molecule has 0 aromatic heterocycles. The monoisotopic (exact) mass is 398 g/mol. The van der Waals surface area contributed by atoms with E-state index in [1.165, 1.54) is 30.3 Å². The van der Waals surface area contributed by atoms with Crippen LogP contribution in [0.5, 0.6) is 0 Å². The molecule has 1 amide bonds. The van der Waals surface area contributed by atoms with Gasteiger partial charge in [0.05, 0.1) is 10.6 Å². The number of hydrogen-bond donors (Lipinski definition) is 2. The minimum Gasteiger partial charge on any atom is -0.322 e. The van der Waals surface area contributed by atoms with Gasteiger partial charge in [0.1, 0.15) is 5.82 Å². The first-order valence-electron chi connectivity index (χ1n) is 8.52. The fraction of sp³-hybridized carbons (Fsp3) is 0.0952. The van der Waals surface area contributed by atoms with Crippen molar-refractivity contribution in [1.82, 2.24) is 0 Å². The Morgan fingerprint density at radius 2 is 1.57 bits per heavy atom. The molecule has 7 heteroatoms. The van der Waals surface area contributed by atoms with E-state index >= 15 is 0 Å². The van der Waals surface area contributed by atoms with Gasteiger partial charge in [-0.3, -0.25) is 9.52 Å². The molecule has 0 saturated heterocycles. The van der Waals surface area contributed by atoms with Crippen molar-refractivity contribution in [3.8, 4) is 0 Å². The summed E-state index contributed by atoms with van der Waals surface area (Å²) >= 11 is 0. The first kappa shape index (κ1) is 19.6. The van der Waals surface area contributed by atoms with E-state index in [0.717, 1.165) is 6.07 Å². The van der Waals surface area contributed by atoms with Crippen molar-refractivity contribution >= 4 is 27.3 Å². The van der Waals surface area contributed by atoms with E-state index in [0.29, 0.717) is 22.5 Å². The Kier molecular flexibility index (Phi) is 5.46. The maximum absolute atomic E-state index is 13.7. The van der Waals surface area contributed by atoms with Crippen molar-refractivity contribution in [3.63, 3.8) is 0 Å². The average molecular weight is 398 g/mol. The van der Waals surface area contributed by atoms with Crippen LogP contribution < -0.4 is 10.0 Å². The van der Waals surface area contributed by atoms with Gasteiger partial charge in [0.2, 0.25) is 0 Å². The molecule has 144 valence electrons. The van der Waals surface area contributed by atoms with E-state index in [2.05, 4.69) is 10.0 Å². The lowest BCUT2D eigenvalue weighted by molar-refractivity contribution is 0.102. The van der Waals surface area contributed by atoms with Gasteiger partial charge in [-0.15, -0.1) is 0 Å². The zero-order valence-electron chi connectivity index (χ0n) is 15.4. The van der Waals surface area contributed by atoms with Gasteiger partial charge in [0.15, 0.2) is 0 Å². The van der Waals surface area contributed by atoms with Crippen molar-refractivity contribution in [2.45, 2.75) is 18.7 Å². The Hall–Kier alpha value is -3.19. The molecule has 0 spiro atoms. The number of aryl methyl sites for hydroxylation is 2. The van der Waals surface area contributed by atoms with Crippen LogP contribution in [0.15, 0.2) is 71.6 Å². The van der Waals surface area contributed by atoms with Gasteiger partial charge in [0.25, 0.3) is 15.9 Å². The number of hydrogen-bond acceptors (Lipinski definition) is 3. The van der Waals surface area contributed by atoms with Gasteiger partial charge in [-0.2, -0.15) is 0 Å². The quantitative estimate of drug-likeness (QED) is 0.665. The second-order valence-corrected chi connectivity index (χ2v) is 8.05. The van der Waals surface area contributed by atoms with Crippen molar-refractivity contribution < 1.29 is 17.6 Å². The Balaban J connectivity index is 1.83. The molecule has 0 aliphatic heterocycles. The van der Waals surface area contributed by atoms with Crippen LogP contribution >= 0.6 is 0 Å². The highest BCUT2D eigenvalue weighted by Crippen LogP contribution is 2.24. The van der Waals surface area contributed by atoms with Gasteiger partial charge < -0.3 is 5.32 Å². The molecule has 0 heterocycles. The number of anilines is 2. The molecule has 0 radical (unpaired) electrons. The van der Waals surface area contributed by atoms with E-state index in [4.69, 9.17) is 0 Å². The van der Waals surface area contributed by atoms with E-state index in [1.54, 1.807) is 44.2 Å². The van der Waals surface area contributed by atoms with Gasteiger partial charge in [-0.1, -0.05) is 30.3 Å². The maximum atomic E-state index is 13.7. The van der Waals surface area contributed by atoms with Crippen molar-refractivity contribution in [1.29, 1.82) is 0 Å². The minimum atomic E-state index is -3.76.